The highest BCUT2D eigenvalue weighted by atomic mass is 19.1. The molecule has 0 atom stereocenters. The molecule has 1 fully saturated rings. The lowest BCUT2D eigenvalue weighted by Crippen LogP contribution is -2.49. The van der Waals surface area contributed by atoms with Crippen LogP contribution in [-0.2, 0) is 10.3 Å². The molecule has 0 amide bonds. The van der Waals surface area contributed by atoms with Gasteiger partial charge in [-0.25, -0.2) is 8.78 Å². The summed E-state index contributed by atoms with van der Waals surface area (Å²) in [6, 6.07) is 3.74. The topological polar surface area (TPSA) is 41.5 Å². The highest BCUT2D eigenvalue weighted by molar-refractivity contribution is 5.29. The molecule has 0 radical (unpaired) electrons. The summed E-state index contributed by atoms with van der Waals surface area (Å²) in [5.74, 6) is -1.05. The van der Waals surface area contributed by atoms with Crippen LogP contribution in [0.15, 0.2) is 18.2 Å². The number of rotatable bonds is 7. The Morgan fingerprint density at radius 2 is 2.05 bits per heavy atom. The second kappa shape index (κ2) is 6.41. The van der Waals surface area contributed by atoms with Gasteiger partial charge >= 0.3 is 0 Å². The summed E-state index contributed by atoms with van der Waals surface area (Å²) < 4.78 is 32.0. The van der Waals surface area contributed by atoms with Gasteiger partial charge in [0.1, 0.15) is 11.6 Å². The molecule has 1 aromatic carbocycles. The quantitative estimate of drug-likeness (QED) is 0.745. The third-order valence-electron chi connectivity index (χ3n) is 3.60. The van der Waals surface area contributed by atoms with Gasteiger partial charge in [-0.3, -0.25) is 0 Å². The molecule has 5 heteroatoms. The number of halogens is 2. The summed E-state index contributed by atoms with van der Waals surface area (Å²) in [6.45, 7) is 1.35. The Kier molecular flexibility index (Phi) is 4.85. The fraction of sp³-hybridized carbons (Fsp3) is 0.571. The summed E-state index contributed by atoms with van der Waals surface area (Å²) in [7, 11) is 0. The molecule has 1 saturated carbocycles. The van der Waals surface area contributed by atoms with E-state index in [1.54, 1.807) is 0 Å². The van der Waals surface area contributed by atoms with Crippen LogP contribution in [0.2, 0.25) is 0 Å². The maximum Gasteiger partial charge on any atom is 0.131 e. The van der Waals surface area contributed by atoms with Crippen LogP contribution >= 0.6 is 0 Å². The molecule has 1 aliphatic rings. The number of aliphatic hydroxyl groups excluding tert-OH is 1. The maximum absolute atomic E-state index is 13.9. The molecule has 19 heavy (non-hydrogen) atoms. The van der Waals surface area contributed by atoms with Gasteiger partial charge in [0.2, 0.25) is 0 Å². The number of hydrogen-bond donors (Lipinski definition) is 2. The summed E-state index contributed by atoms with van der Waals surface area (Å²) in [6.07, 6.45) is 2.71. The van der Waals surface area contributed by atoms with Gasteiger partial charge < -0.3 is 15.2 Å². The summed E-state index contributed by atoms with van der Waals surface area (Å²) in [4.78, 5) is 0. The minimum atomic E-state index is -0.554. The van der Waals surface area contributed by atoms with Crippen molar-refractivity contribution in [2.75, 3.05) is 26.4 Å². The SMILES string of the molecule is OCCOCCNC1(c2ccc(F)cc2F)CCC1. The van der Waals surface area contributed by atoms with Crippen LogP contribution in [0.25, 0.3) is 0 Å². The number of ether oxygens (including phenoxy) is 1. The molecule has 1 aromatic rings. The maximum atomic E-state index is 13.9. The lowest BCUT2D eigenvalue weighted by molar-refractivity contribution is 0.0808. The van der Waals surface area contributed by atoms with Crippen molar-refractivity contribution in [3.63, 3.8) is 0 Å². The lowest BCUT2D eigenvalue weighted by Gasteiger charge is -2.43. The van der Waals surface area contributed by atoms with E-state index in [-0.39, 0.29) is 12.1 Å². The molecule has 3 nitrogen and oxygen atoms in total. The normalized spacial score (nSPS) is 17.2. The molecule has 0 spiro atoms. The van der Waals surface area contributed by atoms with Crippen molar-refractivity contribution >= 4 is 0 Å². The van der Waals surface area contributed by atoms with E-state index >= 15 is 0 Å². The van der Waals surface area contributed by atoms with Crippen LogP contribution in [0.5, 0.6) is 0 Å². The Morgan fingerprint density at radius 3 is 2.63 bits per heavy atom. The molecular formula is C14H19F2NO2. The van der Waals surface area contributed by atoms with E-state index in [2.05, 4.69) is 5.32 Å². The molecular weight excluding hydrogens is 252 g/mol. The zero-order valence-electron chi connectivity index (χ0n) is 10.8. The van der Waals surface area contributed by atoms with Crippen molar-refractivity contribution in [2.24, 2.45) is 0 Å². The van der Waals surface area contributed by atoms with E-state index in [9.17, 15) is 8.78 Å². The number of aliphatic hydroxyl groups is 1. The van der Waals surface area contributed by atoms with Gasteiger partial charge in [-0.05, 0) is 25.3 Å². The average Bonchev–Trinajstić information content (AvgIpc) is 2.33. The van der Waals surface area contributed by atoms with Crippen molar-refractivity contribution in [3.05, 3.63) is 35.4 Å². The van der Waals surface area contributed by atoms with Crippen LogP contribution in [0.1, 0.15) is 24.8 Å². The molecule has 0 aliphatic heterocycles. The van der Waals surface area contributed by atoms with E-state index in [1.165, 1.54) is 12.1 Å². The fourth-order valence-corrected chi connectivity index (χ4v) is 2.48. The van der Waals surface area contributed by atoms with E-state index in [4.69, 9.17) is 9.84 Å². The smallest absolute Gasteiger partial charge is 0.131 e. The molecule has 0 heterocycles. The lowest BCUT2D eigenvalue weighted by atomic mass is 9.71. The van der Waals surface area contributed by atoms with Gasteiger partial charge in [0.25, 0.3) is 0 Å². The first-order valence-corrected chi connectivity index (χ1v) is 6.57. The Balaban J connectivity index is 1.97. The van der Waals surface area contributed by atoms with Gasteiger partial charge in [0.05, 0.1) is 19.8 Å². The first-order chi connectivity index (χ1) is 9.18. The first kappa shape index (κ1) is 14.4. The monoisotopic (exact) mass is 271 g/mol. The van der Waals surface area contributed by atoms with Gasteiger partial charge in [-0.1, -0.05) is 6.07 Å². The van der Waals surface area contributed by atoms with Gasteiger partial charge in [-0.2, -0.15) is 0 Å². The standard InChI is InChI=1S/C14H19F2NO2/c15-11-2-3-12(13(16)10-11)14(4-1-5-14)17-6-8-19-9-7-18/h2-3,10,17-18H,1,4-9H2. The van der Waals surface area contributed by atoms with E-state index in [0.717, 1.165) is 25.3 Å². The van der Waals surface area contributed by atoms with Crippen LogP contribution in [-0.4, -0.2) is 31.5 Å². The Labute approximate surface area is 111 Å². The van der Waals surface area contributed by atoms with Crippen LogP contribution in [0.3, 0.4) is 0 Å². The number of benzene rings is 1. The zero-order chi connectivity index (χ0) is 13.7. The van der Waals surface area contributed by atoms with Gasteiger partial charge in [0, 0.05) is 23.7 Å². The molecule has 0 aromatic heterocycles. The minimum Gasteiger partial charge on any atom is -0.394 e. The van der Waals surface area contributed by atoms with Crippen molar-refractivity contribution in [1.29, 1.82) is 0 Å². The predicted molar refractivity (Wildman–Crippen MR) is 67.8 cm³/mol. The molecule has 1 aliphatic carbocycles. The second-order valence-corrected chi connectivity index (χ2v) is 4.82. The highest BCUT2D eigenvalue weighted by Crippen LogP contribution is 2.42. The molecule has 0 saturated heterocycles. The van der Waals surface area contributed by atoms with Crippen LogP contribution < -0.4 is 5.32 Å². The largest absolute Gasteiger partial charge is 0.394 e. The third-order valence-corrected chi connectivity index (χ3v) is 3.60. The van der Waals surface area contributed by atoms with Crippen molar-refractivity contribution in [2.45, 2.75) is 24.8 Å². The number of hydrogen-bond acceptors (Lipinski definition) is 3. The molecule has 0 unspecified atom stereocenters. The van der Waals surface area contributed by atoms with Crippen molar-refractivity contribution < 1.29 is 18.6 Å². The van der Waals surface area contributed by atoms with Gasteiger partial charge in [0.15, 0.2) is 0 Å². The first-order valence-electron chi connectivity index (χ1n) is 6.57. The molecule has 2 N–H and O–H groups in total. The number of nitrogens with one attached hydrogen (secondary N) is 1. The predicted octanol–water partition coefficient (Wildman–Crippen LogP) is 1.94. The summed E-state index contributed by atoms with van der Waals surface area (Å²) in [5, 5.41) is 11.9. The molecule has 2 rings (SSSR count). The van der Waals surface area contributed by atoms with E-state index in [0.29, 0.717) is 25.3 Å². The summed E-state index contributed by atoms with van der Waals surface area (Å²) in [5.41, 5.74) is 0.141. The van der Waals surface area contributed by atoms with Gasteiger partial charge in [-0.15, -0.1) is 0 Å². The summed E-state index contributed by atoms with van der Waals surface area (Å²) >= 11 is 0. The second-order valence-electron chi connectivity index (χ2n) is 4.82. The van der Waals surface area contributed by atoms with Crippen LogP contribution in [0, 0.1) is 11.6 Å². The molecule has 0 bridgehead atoms. The molecule has 106 valence electrons. The Bertz CT molecular complexity index is 422. The Hall–Kier alpha value is -1.04. The minimum absolute atomic E-state index is 0.00225. The fourth-order valence-electron chi connectivity index (χ4n) is 2.48. The van der Waals surface area contributed by atoms with Crippen LogP contribution in [0.4, 0.5) is 8.78 Å². The van der Waals surface area contributed by atoms with E-state index < -0.39 is 11.6 Å². The van der Waals surface area contributed by atoms with Crippen molar-refractivity contribution in [1.82, 2.24) is 5.32 Å². The zero-order valence-corrected chi connectivity index (χ0v) is 10.8. The average molecular weight is 271 g/mol. The van der Waals surface area contributed by atoms with E-state index in [1.807, 2.05) is 0 Å². The highest BCUT2D eigenvalue weighted by Gasteiger charge is 2.39. The Morgan fingerprint density at radius 1 is 1.26 bits per heavy atom. The van der Waals surface area contributed by atoms with Crippen molar-refractivity contribution in [3.8, 4) is 0 Å². The third kappa shape index (κ3) is 3.29.